The minimum atomic E-state index is -1.43. The Hall–Kier alpha value is -1.87. The monoisotopic (exact) mass is 329 g/mol. The molecule has 2 saturated heterocycles. The Morgan fingerprint density at radius 2 is 1.87 bits per heavy atom. The largest absolute Gasteiger partial charge is 0.458 e. The molecule has 0 aromatic carbocycles. The van der Waals surface area contributed by atoms with Gasteiger partial charge in [0.2, 0.25) is 5.79 Å². The molecule has 0 bridgehead atoms. The molecule has 0 aromatic heterocycles. The first-order chi connectivity index (χ1) is 10.7. The molecular weight excluding hydrogens is 310 g/mol. The van der Waals surface area contributed by atoms with E-state index in [2.05, 4.69) is 10.0 Å². The van der Waals surface area contributed by atoms with Crippen LogP contribution < -0.4 is 0 Å². The summed E-state index contributed by atoms with van der Waals surface area (Å²) < 4.78 is 27.5. The fraction of sp³-hybridized carbons (Fsp3) is 0.846. The lowest BCUT2D eigenvalue weighted by Crippen LogP contribution is -2.64. The van der Waals surface area contributed by atoms with Crippen LogP contribution in [-0.4, -0.2) is 55.0 Å². The standard InChI is InChI=1S/C13H19N3O7/c1-7(17)21-10-9(15-16-14)5-19-13(11(10)22-8(2)18)6-20-12(3,4)23-13/h9-11H,5-6H2,1-4H3/t9-,10+,11-,13+/m1/s1. The van der Waals surface area contributed by atoms with Gasteiger partial charge in [0.15, 0.2) is 18.0 Å². The number of carbonyl (C=O) groups excluding carboxylic acids is 2. The fourth-order valence-corrected chi connectivity index (χ4v) is 2.65. The van der Waals surface area contributed by atoms with Crippen molar-refractivity contribution in [1.82, 2.24) is 0 Å². The predicted octanol–water partition coefficient (Wildman–Crippen LogP) is 1.04. The van der Waals surface area contributed by atoms with Gasteiger partial charge in [0.1, 0.15) is 12.6 Å². The molecule has 1 spiro atoms. The highest BCUT2D eigenvalue weighted by atomic mass is 16.8. The van der Waals surface area contributed by atoms with E-state index in [0.717, 1.165) is 0 Å². The molecule has 2 aliphatic rings. The Labute approximate surface area is 132 Å². The van der Waals surface area contributed by atoms with E-state index in [-0.39, 0.29) is 13.2 Å². The average Bonchev–Trinajstić information content (AvgIpc) is 2.73. The maximum Gasteiger partial charge on any atom is 0.303 e. The SMILES string of the molecule is CC(=O)O[C@@H]1[C@@H](OC(C)=O)[C@@]2(COC(C)(C)O2)OC[C@H]1N=[N+]=[N-]. The molecule has 128 valence electrons. The summed E-state index contributed by atoms with van der Waals surface area (Å²) in [5.74, 6) is -3.63. The number of esters is 2. The van der Waals surface area contributed by atoms with E-state index in [1.807, 2.05) is 0 Å². The first-order valence-corrected chi connectivity index (χ1v) is 7.06. The molecule has 2 heterocycles. The molecule has 23 heavy (non-hydrogen) atoms. The smallest absolute Gasteiger partial charge is 0.303 e. The second kappa shape index (κ2) is 6.32. The van der Waals surface area contributed by atoms with Gasteiger partial charge in [-0.05, 0) is 19.4 Å². The molecule has 0 unspecified atom stereocenters. The van der Waals surface area contributed by atoms with Gasteiger partial charge in [-0.15, -0.1) is 0 Å². The van der Waals surface area contributed by atoms with Crippen LogP contribution in [0.25, 0.3) is 10.4 Å². The quantitative estimate of drug-likeness (QED) is 0.327. The van der Waals surface area contributed by atoms with Gasteiger partial charge in [-0.1, -0.05) is 5.11 Å². The molecule has 2 fully saturated rings. The Bertz CT molecular complexity index is 546. The third-order valence-electron chi connectivity index (χ3n) is 3.44. The summed E-state index contributed by atoms with van der Waals surface area (Å²) in [7, 11) is 0. The zero-order valence-electron chi connectivity index (χ0n) is 13.3. The Balaban J connectivity index is 2.39. The molecule has 0 N–H and O–H groups in total. The van der Waals surface area contributed by atoms with E-state index in [1.165, 1.54) is 13.8 Å². The van der Waals surface area contributed by atoms with Crippen molar-refractivity contribution < 1.29 is 33.3 Å². The van der Waals surface area contributed by atoms with Gasteiger partial charge in [-0.25, -0.2) is 0 Å². The van der Waals surface area contributed by atoms with Gasteiger partial charge >= 0.3 is 11.9 Å². The predicted molar refractivity (Wildman–Crippen MR) is 73.8 cm³/mol. The maximum absolute atomic E-state index is 11.5. The van der Waals surface area contributed by atoms with Crippen LogP contribution in [0, 0.1) is 0 Å². The normalized spacial score (nSPS) is 35.4. The van der Waals surface area contributed by atoms with Crippen molar-refractivity contribution in [1.29, 1.82) is 0 Å². The van der Waals surface area contributed by atoms with Gasteiger partial charge in [-0.2, -0.15) is 0 Å². The Morgan fingerprint density at radius 3 is 2.35 bits per heavy atom. The van der Waals surface area contributed by atoms with Gasteiger partial charge in [0.05, 0.1) is 6.61 Å². The lowest BCUT2D eigenvalue weighted by Gasteiger charge is -2.44. The van der Waals surface area contributed by atoms with E-state index in [4.69, 9.17) is 29.2 Å². The molecule has 0 amide bonds. The molecule has 0 saturated carbocycles. The van der Waals surface area contributed by atoms with E-state index in [9.17, 15) is 9.59 Å². The second-order valence-corrected chi connectivity index (χ2v) is 5.79. The minimum Gasteiger partial charge on any atom is -0.458 e. The lowest BCUT2D eigenvalue weighted by atomic mass is 9.95. The molecule has 0 radical (unpaired) electrons. The van der Waals surface area contributed by atoms with Gasteiger partial charge in [0.25, 0.3) is 0 Å². The number of hydrogen-bond acceptors (Lipinski definition) is 8. The van der Waals surface area contributed by atoms with Crippen molar-refractivity contribution in [3.8, 4) is 0 Å². The zero-order valence-corrected chi connectivity index (χ0v) is 13.3. The van der Waals surface area contributed by atoms with Crippen LogP contribution in [0.2, 0.25) is 0 Å². The third-order valence-corrected chi connectivity index (χ3v) is 3.44. The van der Waals surface area contributed by atoms with E-state index >= 15 is 0 Å². The first kappa shape index (κ1) is 17.5. The van der Waals surface area contributed by atoms with Crippen molar-refractivity contribution in [2.24, 2.45) is 5.11 Å². The van der Waals surface area contributed by atoms with Gasteiger partial charge in [-0.3, -0.25) is 9.59 Å². The molecule has 2 rings (SSSR count). The van der Waals surface area contributed by atoms with Crippen LogP contribution in [0.15, 0.2) is 5.11 Å². The number of azide groups is 1. The molecule has 0 aliphatic carbocycles. The number of carbonyl (C=O) groups is 2. The summed E-state index contributed by atoms with van der Waals surface area (Å²) in [6, 6.07) is -0.855. The van der Waals surface area contributed by atoms with E-state index < -0.39 is 41.8 Å². The summed E-state index contributed by atoms with van der Waals surface area (Å²) in [5.41, 5.74) is 8.68. The Morgan fingerprint density at radius 1 is 1.22 bits per heavy atom. The highest BCUT2D eigenvalue weighted by Crippen LogP contribution is 2.41. The van der Waals surface area contributed by atoms with Gasteiger partial charge in [0, 0.05) is 18.8 Å². The van der Waals surface area contributed by atoms with Crippen molar-refractivity contribution in [3.63, 3.8) is 0 Å². The molecule has 10 nitrogen and oxygen atoms in total. The van der Waals surface area contributed by atoms with Crippen molar-refractivity contribution >= 4 is 11.9 Å². The second-order valence-electron chi connectivity index (χ2n) is 5.79. The van der Waals surface area contributed by atoms with Crippen LogP contribution in [0.1, 0.15) is 27.7 Å². The summed E-state index contributed by atoms with van der Waals surface area (Å²) in [6.45, 7) is 5.66. The van der Waals surface area contributed by atoms with E-state index in [1.54, 1.807) is 13.8 Å². The first-order valence-electron chi connectivity index (χ1n) is 7.06. The van der Waals surface area contributed by atoms with Crippen LogP contribution in [-0.2, 0) is 33.3 Å². The third kappa shape index (κ3) is 3.73. The highest BCUT2D eigenvalue weighted by molar-refractivity contribution is 5.67. The van der Waals surface area contributed by atoms with Crippen LogP contribution in [0.3, 0.4) is 0 Å². The zero-order chi connectivity index (χ0) is 17.3. The summed E-state index contributed by atoms with van der Waals surface area (Å²) >= 11 is 0. The number of rotatable bonds is 3. The maximum atomic E-state index is 11.5. The summed E-state index contributed by atoms with van der Waals surface area (Å²) in [6.07, 6.45) is -2.17. The highest BCUT2D eigenvalue weighted by Gasteiger charge is 2.61. The summed E-state index contributed by atoms with van der Waals surface area (Å²) in [4.78, 5) is 25.6. The minimum absolute atomic E-state index is 0.0291. The number of hydrogen-bond donors (Lipinski definition) is 0. The number of nitrogens with zero attached hydrogens (tertiary/aromatic N) is 3. The van der Waals surface area contributed by atoms with E-state index in [0.29, 0.717) is 0 Å². The Kier molecular flexibility index (Phi) is 4.81. The molecular formula is C13H19N3O7. The van der Waals surface area contributed by atoms with Crippen molar-refractivity contribution in [2.75, 3.05) is 13.2 Å². The van der Waals surface area contributed by atoms with Crippen LogP contribution in [0.5, 0.6) is 0 Å². The van der Waals surface area contributed by atoms with Crippen molar-refractivity contribution in [3.05, 3.63) is 10.4 Å². The van der Waals surface area contributed by atoms with Crippen LogP contribution >= 0.6 is 0 Å². The lowest BCUT2D eigenvalue weighted by molar-refractivity contribution is -0.326. The fourth-order valence-electron chi connectivity index (χ4n) is 2.65. The van der Waals surface area contributed by atoms with Crippen LogP contribution in [0.4, 0.5) is 0 Å². The average molecular weight is 329 g/mol. The van der Waals surface area contributed by atoms with Gasteiger partial charge < -0.3 is 23.7 Å². The van der Waals surface area contributed by atoms with Crippen molar-refractivity contribution in [2.45, 2.75) is 57.5 Å². The molecule has 2 aliphatic heterocycles. The molecule has 0 aromatic rings. The molecule has 4 atom stereocenters. The number of ether oxygens (including phenoxy) is 5. The molecule has 10 heteroatoms. The topological polar surface area (TPSA) is 129 Å². The summed E-state index contributed by atoms with van der Waals surface area (Å²) in [5, 5.41) is 3.56.